The Morgan fingerprint density at radius 3 is 2.21 bits per heavy atom. The number of anilines is 2. The van der Waals surface area contributed by atoms with Gasteiger partial charge in [0.1, 0.15) is 12.3 Å². The molecular weight excluding hydrogens is 480 g/mol. The number of esters is 1. The van der Waals surface area contributed by atoms with E-state index in [2.05, 4.69) is 22.2 Å². The van der Waals surface area contributed by atoms with Gasteiger partial charge in [-0.3, -0.25) is 0 Å². The lowest BCUT2D eigenvalue weighted by molar-refractivity contribution is -0.150. The molecule has 0 bridgehead atoms. The molecule has 1 aromatic rings. The SMILES string of the molecule is C.CC.CC(C)(O)O.CCCSc1nc(Cl)c(N)c(NC)n1.CCOC(=O)COC1CCCC1. The first-order valence-corrected chi connectivity index (χ1v) is 12.7. The summed E-state index contributed by atoms with van der Waals surface area (Å²) in [6, 6.07) is 0. The summed E-state index contributed by atoms with van der Waals surface area (Å²) in [6.45, 7) is 11.1. The Hall–Kier alpha value is -1.33. The highest BCUT2D eigenvalue weighted by Crippen LogP contribution is 2.27. The zero-order valence-electron chi connectivity index (χ0n) is 21.1. The Morgan fingerprint density at radius 1 is 1.24 bits per heavy atom. The summed E-state index contributed by atoms with van der Waals surface area (Å²) in [4.78, 5) is 19.1. The summed E-state index contributed by atoms with van der Waals surface area (Å²) >= 11 is 7.42. The summed E-state index contributed by atoms with van der Waals surface area (Å²) in [6.07, 6.45) is 6.03. The maximum atomic E-state index is 10.9. The molecule has 0 radical (unpaired) electrons. The first-order valence-electron chi connectivity index (χ1n) is 11.4. The van der Waals surface area contributed by atoms with Crippen LogP contribution in [0.4, 0.5) is 11.5 Å². The molecule has 0 unspecified atom stereocenters. The number of nitrogens with one attached hydrogen (secondary N) is 1. The van der Waals surface area contributed by atoms with Gasteiger partial charge in [0.15, 0.2) is 21.9 Å². The highest BCUT2D eigenvalue weighted by molar-refractivity contribution is 7.99. The first kappa shape index (κ1) is 37.2. The number of hydrogen-bond acceptors (Lipinski definition) is 10. The monoisotopic (exact) mass is 526 g/mol. The molecule has 9 nitrogen and oxygen atoms in total. The van der Waals surface area contributed by atoms with Crippen LogP contribution in [0.1, 0.15) is 81.1 Å². The smallest absolute Gasteiger partial charge is 0.332 e. The van der Waals surface area contributed by atoms with Gasteiger partial charge in [0, 0.05) is 12.8 Å². The minimum atomic E-state index is -1.50. The standard InChI is InChI=1S/C9H16O3.C8H13ClN4S.C3H8O2.C2H6.CH4/c1-2-11-9(10)7-12-8-5-3-4-6-8;1-3-4-14-8-12-6(9)5(10)7(11-2)13-8;1-3(2,4)5;1-2;/h8H,2-7H2,1H3;3-4,10H2,1-2H3,(H,11,12,13);4-5H,1-2H3;1-2H3;1H4. The summed E-state index contributed by atoms with van der Waals surface area (Å²) in [7, 11) is 1.75. The van der Waals surface area contributed by atoms with E-state index in [4.69, 9.17) is 37.0 Å². The summed E-state index contributed by atoms with van der Waals surface area (Å²) < 4.78 is 10.1. The third-order valence-electron chi connectivity index (χ3n) is 3.60. The van der Waals surface area contributed by atoms with Gasteiger partial charge in [-0.2, -0.15) is 0 Å². The zero-order chi connectivity index (χ0) is 25.9. The van der Waals surface area contributed by atoms with Crippen molar-refractivity contribution < 1.29 is 24.5 Å². The summed E-state index contributed by atoms with van der Waals surface area (Å²) in [5, 5.41) is 20.0. The third kappa shape index (κ3) is 21.2. The van der Waals surface area contributed by atoms with Crippen LogP contribution in [-0.4, -0.2) is 64.1 Å². The number of carbonyl (C=O) groups is 1. The molecule has 0 saturated heterocycles. The highest BCUT2D eigenvalue weighted by atomic mass is 35.5. The molecule has 0 amide bonds. The lowest BCUT2D eigenvalue weighted by Gasteiger charge is -2.09. The van der Waals surface area contributed by atoms with Gasteiger partial charge in [-0.1, -0.05) is 64.4 Å². The molecule has 1 saturated carbocycles. The molecule has 1 heterocycles. The van der Waals surface area contributed by atoms with Crippen molar-refractivity contribution in [2.24, 2.45) is 0 Å². The van der Waals surface area contributed by atoms with Crippen LogP contribution >= 0.6 is 23.4 Å². The quantitative estimate of drug-likeness (QED) is 0.118. The van der Waals surface area contributed by atoms with E-state index in [1.165, 1.54) is 26.7 Å². The predicted molar refractivity (Wildman–Crippen MR) is 143 cm³/mol. The molecule has 11 heteroatoms. The van der Waals surface area contributed by atoms with E-state index in [0.717, 1.165) is 25.0 Å². The number of hydrogen-bond donors (Lipinski definition) is 4. The number of nitrogens with two attached hydrogens (primary N) is 1. The van der Waals surface area contributed by atoms with Crippen molar-refractivity contribution >= 4 is 40.8 Å². The number of thioether (sulfide) groups is 1. The van der Waals surface area contributed by atoms with Gasteiger partial charge in [0.25, 0.3) is 0 Å². The van der Waals surface area contributed by atoms with Gasteiger partial charge in [-0.05, 0) is 40.0 Å². The van der Waals surface area contributed by atoms with Crippen molar-refractivity contribution in [1.29, 1.82) is 0 Å². The fourth-order valence-electron chi connectivity index (χ4n) is 2.31. The normalized spacial score (nSPS) is 12.5. The van der Waals surface area contributed by atoms with Crippen molar-refractivity contribution in [1.82, 2.24) is 9.97 Å². The van der Waals surface area contributed by atoms with Crippen molar-refractivity contribution in [3.63, 3.8) is 0 Å². The molecule has 0 aromatic carbocycles. The molecule has 0 aliphatic heterocycles. The number of nitrogen functional groups attached to an aromatic ring is 1. The fourth-order valence-corrected chi connectivity index (χ4v) is 3.23. The number of carbonyl (C=O) groups excluding carboxylic acids is 1. The number of ether oxygens (including phenoxy) is 2. The van der Waals surface area contributed by atoms with Gasteiger partial charge in [0.2, 0.25) is 0 Å². The van der Waals surface area contributed by atoms with Crippen LogP contribution in [0, 0.1) is 0 Å². The Kier molecular flexibility index (Phi) is 24.3. The van der Waals surface area contributed by atoms with Crippen molar-refractivity contribution in [3.05, 3.63) is 5.15 Å². The van der Waals surface area contributed by atoms with E-state index in [-0.39, 0.29) is 20.0 Å². The zero-order valence-corrected chi connectivity index (χ0v) is 22.7. The number of halogens is 1. The van der Waals surface area contributed by atoms with Crippen LogP contribution in [0.3, 0.4) is 0 Å². The Balaban J connectivity index is -0.000000439. The van der Waals surface area contributed by atoms with Crippen LogP contribution in [-0.2, 0) is 14.3 Å². The number of aromatic nitrogens is 2. The molecule has 1 aromatic heterocycles. The molecule has 34 heavy (non-hydrogen) atoms. The van der Waals surface area contributed by atoms with Crippen molar-refractivity contribution in [3.8, 4) is 0 Å². The number of nitrogens with zero attached hydrogens (tertiary/aromatic N) is 2. The average molecular weight is 527 g/mol. The maximum absolute atomic E-state index is 10.9. The number of aliphatic hydroxyl groups is 2. The molecule has 5 N–H and O–H groups in total. The van der Waals surface area contributed by atoms with Gasteiger partial charge in [0.05, 0.1) is 12.7 Å². The van der Waals surface area contributed by atoms with Crippen LogP contribution in [0.2, 0.25) is 5.15 Å². The Morgan fingerprint density at radius 2 is 1.76 bits per heavy atom. The number of rotatable bonds is 8. The molecular formula is C23H47ClN4O5S. The van der Waals surface area contributed by atoms with Gasteiger partial charge in [-0.25, -0.2) is 14.8 Å². The lowest BCUT2D eigenvalue weighted by Crippen LogP contribution is -2.17. The topological polar surface area (TPSA) is 140 Å². The first-order chi connectivity index (χ1) is 15.5. The van der Waals surface area contributed by atoms with Crippen LogP contribution in [0.5, 0.6) is 0 Å². The van der Waals surface area contributed by atoms with Crippen LogP contribution in [0.25, 0.3) is 0 Å². The molecule has 0 atom stereocenters. The van der Waals surface area contributed by atoms with Crippen molar-refractivity contribution in [2.75, 3.05) is 37.1 Å². The second kappa shape index (κ2) is 22.2. The fraction of sp³-hybridized carbons (Fsp3) is 0.783. The second-order valence-electron chi connectivity index (χ2n) is 7.17. The minimum absolute atomic E-state index is 0. The predicted octanol–water partition coefficient (Wildman–Crippen LogP) is 5.13. The van der Waals surface area contributed by atoms with Crippen molar-refractivity contribution in [2.45, 2.75) is 98.1 Å². The van der Waals surface area contributed by atoms with E-state index in [0.29, 0.717) is 34.5 Å². The van der Waals surface area contributed by atoms with E-state index in [1.54, 1.807) is 25.7 Å². The minimum Gasteiger partial charge on any atom is -0.464 e. The summed E-state index contributed by atoms with van der Waals surface area (Å²) in [5.74, 6) is -0.184. The second-order valence-corrected chi connectivity index (χ2v) is 8.59. The van der Waals surface area contributed by atoms with E-state index >= 15 is 0 Å². The molecule has 1 aliphatic rings. The Bertz CT molecular complexity index is 637. The Labute approximate surface area is 215 Å². The maximum Gasteiger partial charge on any atom is 0.332 e. The molecule has 2 rings (SSSR count). The van der Waals surface area contributed by atoms with Crippen LogP contribution < -0.4 is 11.1 Å². The highest BCUT2D eigenvalue weighted by Gasteiger charge is 2.16. The van der Waals surface area contributed by atoms with Gasteiger partial charge in [-0.15, -0.1) is 0 Å². The largest absolute Gasteiger partial charge is 0.464 e. The van der Waals surface area contributed by atoms with E-state index < -0.39 is 5.79 Å². The van der Waals surface area contributed by atoms with Gasteiger partial charge < -0.3 is 30.7 Å². The average Bonchev–Trinajstić information content (AvgIpc) is 3.28. The third-order valence-corrected chi connectivity index (χ3v) is 4.94. The molecule has 202 valence electrons. The summed E-state index contributed by atoms with van der Waals surface area (Å²) in [5.41, 5.74) is 6.06. The molecule has 1 fully saturated rings. The molecule has 1 aliphatic carbocycles. The van der Waals surface area contributed by atoms with Gasteiger partial charge >= 0.3 is 5.97 Å². The van der Waals surface area contributed by atoms with E-state index in [9.17, 15) is 4.79 Å². The van der Waals surface area contributed by atoms with Crippen LogP contribution in [0.15, 0.2) is 5.16 Å². The molecule has 0 spiro atoms. The van der Waals surface area contributed by atoms with E-state index in [1.807, 2.05) is 13.8 Å². The lowest BCUT2D eigenvalue weighted by atomic mass is 10.3.